The minimum Gasteiger partial charge on any atom is -0.481 e. The minimum atomic E-state index is -0.643. The van der Waals surface area contributed by atoms with Crippen molar-refractivity contribution in [3.05, 3.63) is 0 Å². The molecule has 0 saturated heterocycles. The maximum Gasteiger partial charge on any atom is 0.303 e. The average molecular weight is 156 g/mol. The van der Waals surface area contributed by atoms with Crippen LogP contribution in [0.15, 0.2) is 0 Å². The second-order valence-electron chi connectivity index (χ2n) is 3.79. The number of aliphatic carboxylic acids is 1. The second-order valence-corrected chi connectivity index (χ2v) is 3.79. The summed E-state index contributed by atoms with van der Waals surface area (Å²) in [4.78, 5) is 10.4. The van der Waals surface area contributed by atoms with Gasteiger partial charge in [0.05, 0.1) is 0 Å². The SMILES string of the molecule is CC1CCC(C)C1CC(=O)O. The first-order chi connectivity index (χ1) is 5.11. The Morgan fingerprint density at radius 2 is 1.82 bits per heavy atom. The molecule has 0 aromatic carbocycles. The fourth-order valence-corrected chi connectivity index (χ4v) is 2.12. The molecule has 1 aliphatic rings. The van der Waals surface area contributed by atoms with Crippen molar-refractivity contribution in [1.82, 2.24) is 0 Å². The molecule has 1 rings (SSSR count). The van der Waals surface area contributed by atoms with Crippen LogP contribution in [0.4, 0.5) is 0 Å². The first-order valence-corrected chi connectivity index (χ1v) is 4.33. The molecule has 2 unspecified atom stereocenters. The molecule has 2 heteroatoms. The van der Waals surface area contributed by atoms with Gasteiger partial charge in [0.15, 0.2) is 0 Å². The van der Waals surface area contributed by atoms with E-state index in [9.17, 15) is 4.79 Å². The standard InChI is InChI=1S/C9H16O2/c1-6-3-4-7(2)8(6)5-9(10)11/h6-8H,3-5H2,1-2H3,(H,10,11). The van der Waals surface area contributed by atoms with Crippen molar-refractivity contribution in [2.24, 2.45) is 17.8 Å². The highest BCUT2D eigenvalue weighted by Crippen LogP contribution is 2.38. The lowest BCUT2D eigenvalue weighted by molar-refractivity contribution is -0.138. The number of carbonyl (C=O) groups is 1. The molecule has 0 aromatic rings. The van der Waals surface area contributed by atoms with Crippen LogP contribution >= 0.6 is 0 Å². The first-order valence-electron chi connectivity index (χ1n) is 4.33. The molecule has 1 saturated carbocycles. The van der Waals surface area contributed by atoms with Gasteiger partial charge < -0.3 is 5.11 Å². The Morgan fingerprint density at radius 3 is 2.18 bits per heavy atom. The highest BCUT2D eigenvalue weighted by atomic mass is 16.4. The van der Waals surface area contributed by atoms with Crippen molar-refractivity contribution in [2.75, 3.05) is 0 Å². The Hall–Kier alpha value is -0.530. The van der Waals surface area contributed by atoms with Crippen LogP contribution in [-0.4, -0.2) is 11.1 Å². The zero-order valence-electron chi connectivity index (χ0n) is 7.21. The highest BCUT2D eigenvalue weighted by Gasteiger charge is 2.31. The molecule has 0 heterocycles. The van der Waals surface area contributed by atoms with E-state index in [0.29, 0.717) is 24.2 Å². The summed E-state index contributed by atoms with van der Waals surface area (Å²) in [6, 6.07) is 0. The third-order valence-electron chi connectivity index (χ3n) is 2.95. The lowest BCUT2D eigenvalue weighted by Gasteiger charge is -2.16. The Morgan fingerprint density at radius 1 is 1.36 bits per heavy atom. The highest BCUT2D eigenvalue weighted by molar-refractivity contribution is 5.67. The summed E-state index contributed by atoms with van der Waals surface area (Å²) >= 11 is 0. The molecule has 0 bridgehead atoms. The third kappa shape index (κ3) is 1.95. The molecule has 1 N–H and O–H groups in total. The van der Waals surface area contributed by atoms with Gasteiger partial charge in [-0.1, -0.05) is 26.7 Å². The average Bonchev–Trinajstić information content (AvgIpc) is 2.18. The summed E-state index contributed by atoms with van der Waals surface area (Å²) in [5.74, 6) is 1.00. The van der Waals surface area contributed by atoms with E-state index in [-0.39, 0.29) is 0 Å². The summed E-state index contributed by atoms with van der Waals surface area (Å²) in [6.45, 7) is 4.33. The van der Waals surface area contributed by atoms with Gasteiger partial charge in [0.1, 0.15) is 0 Å². The van der Waals surface area contributed by atoms with E-state index in [2.05, 4.69) is 13.8 Å². The Balaban J connectivity index is 2.47. The molecule has 0 aromatic heterocycles. The number of carboxylic acid groups (broad SMARTS) is 1. The molecule has 11 heavy (non-hydrogen) atoms. The molecule has 1 fully saturated rings. The molecular weight excluding hydrogens is 140 g/mol. The lowest BCUT2D eigenvalue weighted by atomic mass is 9.89. The van der Waals surface area contributed by atoms with Gasteiger partial charge in [-0.2, -0.15) is 0 Å². The fraction of sp³-hybridized carbons (Fsp3) is 0.889. The zero-order valence-corrected chi connectivity index (χ0v) is 7.21. The second kappa shape index (κ2) is 3.24. The Bertz CT molecular complexity index is 144. The van der Waals surface area contributed by atoms with Crippen molar-refractivity contribution in [3.63, 3.8) is 0 Å². The van der Waals surface area contributed by atoms with E-state index in [1.165, 1.54) is 12.8 Å². The molecule has 64 valence electrons. The molecule has 0 spiro atoms. The Kier molecular flexibility index (Phi) is 2.53. The van der Waals surface area contributed by atoms with Gasteiger partial charge >= 0.3 is 5.97 Å². The van der Waals surface area contributed by atoms with Crippen LogP contribution in [0.2, 0.25) is 0 Å². The number of carboxylic acids is 1. The monoisotopic (exact) mass is 156 g/mol. The van der Waals surface area contributed by atoms with E-state index >= 15 is 0 Å². The van der Waals surface area contributed by atoms with E-state index < -0.39 is 5.97 Å². The van der Waals surface area contributed by atoms with E-state index in [0.717, 1.165) is 0 Å². The minimum absolute atomic E-state index is 0.363. The van der Waals surface area contributed by atoms with Gasteiger partial charge in [0, 0.05) is 6.42 Å². The summed E-state index contributed by atoms with van der Waals surface area (Å²) in [6.07, 6.45) is 2.78. The van der Waals surface area contributed by atoms with Crippen molar-refractivity contribution in [2.45, 2.75) is 33.1 Å². The van der Waals surface area contributed by atoms with Crippen LogP contribution in [0.5, 0.6) is 0 Å². The van der Waals surface area contributed by atoms with Crippen molar-refractivity contribution >= 4 is 5.97 Å². The van der Waals surface area contributed by atoms with Gasteiger partial charge in [0.2, 0.25) is 0 Å². The lowest BCUT2D eigenvalue weighted by Crippen LogP contribution is -2.15. The van der Waals surface area contributed by atoms with E-state index in [1.54, 1.807) is 0 Å². The normalized spacial score (nSPS) is 37.5. The fourth-order valence-electron chi connectivity index (χ4n) is 2.12. The molecule has 0 amide bonds. The first kappa shape index (κ1) is 8.57. The zero-order chi connectivity index (χ0) is 8.43. The van der Waals surface area contributed by atoms with Crippen LogP contribution in [0.25, 0.3) is 0 Å². The number of rotatable bonds is 2. The predicted molar refractivity (Wildman–Crippen MR) is 43.3 cm³/mol. The van der Waals surface area contributed by atoms with E-state index in [1.807, 2.05) is 0 Å². The van der Waals surface area contributed by atoms with Crippen molar-refractivity contribution in [3.8, 4) is 0 Å². The molecule has 2 atom stereocenters. The maximum atomic E-state index is 10.4. The van der Waals surface area contributed by atoms with Gasteiger partial charge in [-0.15, -0.1) is 0 Å². The third-order valence-corrected chi connectivity index (χ3v) is 2.95. The van der Waals surface area contributed by atoms with Gasteiger partial charge in [-0.3, -0.25) is 4.79 Å². The molecule has 0 aliphatic heterocycles. The molecule has 1 aliphatic carbocycles. The van der Waals surface area contributed by atoms with Gasteiger partial charge in [-0.25, -0.2) is 0 Å². The summed E-state index contributed by atoms with van der Waals surface area (Å²) in [5.41, 5.74) is 0. The number of hydrogen-bond donors (Lipinski definition) is 1. The summed E-state index contributed by atoms with van der Waals surface area (Å²) in [5, 5.41) is 8.61. The van der Waals surface area contributed by atoms with Gasteiger partial charge in [0.25, 0.3) is 0 Å². The number of hydrogen-bond acceptors (Lipinski definition) is 1. The van der Waals surface area contributed by atoms with Crippen molar-refractivity contribution in [1.29, 1.82) is 0 Å². The van der Waals surface area contributed by atoms with E-state index in [4.69, 9.17) is 5.11 Å². The molecule has 2 nitrogen and oxygen atoms in total. The largest absolute Gasteiger partial charge is 0.481 e. The van der Waals surface area contributed by atoms with Crippen LogP contribution in [0.1, 0.15) is 33.1 Å². The summed E-state index contributed by atoms with van der Waals surface area (Å²) < 4.78 is 0. The van der Waals surface area contributed by atoms with Crippen molar-refractivity contribution < 1.29 is 9.90 Å². The quantitative estimate of drug-likeness (QED) is 0.665. The van der Waals surface area contributed by atoms with Gasteiger partial charge in [-0.05, 0) is 17.8 Å². The predicted octanol–water partition coefficient (Wildman–Crippen LogP) is 2.14. The smallest absolute Gasteiger partial charge is 0.303 e. The summed E-state index contributed by atoms with van der Waals surface area (Å²) in [7, 11) is 0. The molecular formula is C9H16O2. The Labute approximate surface area is 67.6 Å². The maximum absolute atomic E-state index is 10.4. The van der Waals surface area contributed by atoms with Crippen LogP contribution in [0, 0.1) is 17.8 Å². The topological polar surface area (TPSA) is 37.3 Å². The van der Waals surface area contributed by atoms with Crippen LogP contribution in [0.3, 0.4) is 0 Å². The molecule has 0 radical (unpaired) electrons. The van der Waals surface area contributed by atoms with Crippen LogP contribution in [-0.2, 0) is 4.79 Å². The van der Waals surface area contributed by atoms with Crippen LogP contribution < -0.4 is 0 Å².